The third-order valence-electron chi connectivity index (χ3n) is 5.38. The summed E-state index contributed by atoms with van der Waals surface area (Å²) >= 11 is 0. The van der Waals surface area contributed by atoms with Gasteiger partial charge in [0, 0.05) is 37.4 Å². The number of nitrogens with zero attached hydrogens (tertiary/aromatic N) is 2. The predicted molar refractivity (Wildman–Crippen MR) is 101 cm³/mol. The Bertz CT molecular complexity index is 574. The SMILES string of the molecule is CC1CN(CCC2CCN(C(=O)c3cccc(N)c3)CC2)CC(C)O1. The highest BCUT2D eigenvalue weighted by molar-refractivity contribution is 5.95. The number of carbonyl (C=O) groups is 1. The highest BCUT2D eigenvalue weighted by atomic mass is 16.5. The topological polar surface area (TPSA) is 58.8 Å². The molecule has 2 atom stereocenters. The molecule has 138 valence electrons. The zero-order valence-corrected chi connectivity index (χ0v) is 15.5. The predicted octanol–water partition coefficient (Wildman–Crippen LogP) is 2.62. The smallest absolute Gasteiger partial charge is 0.253 e. The molecule has 5 heteroatoms. The van der Waals surface area contributed by atoms with Gasteiger partial charge in [0.05, 0.1) is 12.2 Å². The third-order valence-corrected chi connectivity index (χ3v) is 5.38. The van der Waals surface area contributed by atoms with Crippen LogP contribution in [0.25, 0.3) is 0 Å². The largest absolute Gasteiger partial charge is 0.399 e. The first-order chi connectivity index (χ1) is 12.0. The Labute approximate surface area is 151 Å². The molecule has 2 aliphatic heterocycles. The first-order valence-electron chi connectivity index (χ1n) is 9.54. The van der Waals surface area contributed by atoms with Crippen molar-refractivity contribution in [2.24, 2.45) is 5.92 Å². The van der Waals surface area contributed by atoms with Crippen molar-refractivity contribution in [2.45, 2.75) is 45.3 Å². The lowest BCUT2D eigenvalue weighted by atomic mass is 9.92. The van der Waals surface area contributed by atoms with E-state index in [1.807, 2.05) is 23.1 Å². The summed E-state index contributed by atoms with van der Waals surface area (Å²) in [5.41, 5.74) is 7.14. The molecule has 2 fully saturated rings. The number of carbonyl (C=O) groups excluding carboxylic acids is 1. The van der Waals surface area contributed by atoms with Crippen LogP contribution in [0.1, 0.15) is 43.5 Å². The van der Waals surface area contributed by atoms with Crippen molar-refractivity contribution in [3.63, 3.8) is 0 Å². The number of rotatable bonds is 4. The summed E-state index contributed by atoms with van der Waals surface area (Å²) < 4.78 is 5.80. The van der Waals surface area contributed by atoms with Gasteiger partial charge in [0.25, 0.3) is 5.91 Å². The van der Waals surface area contributed by atoms with Gasteiger partial charge in [-0.3, -0.25) is 9.69 Å². The van der Waals surface area contributed by atoms with Gasteiger partial charge < -0.3 is 15.4 Å². The quantitative estimate of drug-likeness (QED) is 0.852. The second-order valence-corrected chi connectivity index (χ2v) is 7.67. The Hall–Kier alpha value is -1.59. The Morgan fingerprint density at radius 1 is 1.20 bits per heavy atom. The number of hydrogen-bond acceptors (Lipinski definition) is 4. The highest BCUT2D eigenvalue weighted by Gasteiger charge is 2.26. The number of piperidine rings is 1. The molecule has 3 rings (SSSR count). The van der Waals surface area contributed by atoms with Crippen LogP contribution >= 0.6 is 0 Å². The fourth-order valence-electron chi connectivity index (χ4n) is 4.11. The van der Waals surface area contributed by atoms with Crippen molar-refractivity contribution >= 4 is 11.6 Å². The summed E-state index contributed by atoms with van der Waals surface area (Å²) in [7, 11) is 0. The fourth-order valence-corrected chi connectivity index (χ4v) is 4.11. The molecule has 1 aromatic carbocycles. The minimum Gasteiger partial charge on any atom is -0.399 e. The number of hydrogen-bond donors (Lipinski definition) is 1. The van der Waals surface area contributed by atoms with Crippen LogP contribution in [-0.2, 0) is 4.74 Å². The van der Waals surface area contributed by atoms with Crippen LogP contribution < -0.4 is 5.73 Å². The van der Waals surface area contributed by atoms with E-state index >= 15 is 0 Å². The Balaban J connectivity index is 1.43. The van der Waals surface area contributed by atoms with Crippen molar-refractivity contribution in [1.82, 2.24) is 9.80 Å². The third kappa shape index (κ3) is 4.95. The van der Waals surface area contributed by atoms with E-state index in [-0.39, 0.29) is 5.91 Å². The van der Waals surface area contributed by atoms with Gasteiger partial charge in [-0.05, 0) is 63.8 Å². The van der Waals surface area contributed by atoms with Crippen molar-refractivity contribution in [1.29, 1.82) is 0 Å². The van der Waals surface area contributed by atoms with E-state index in [1.54, 1.807) is 6.07 Å². The van der Waals surface area contributed by atoms with Crippen LogP contribution in [0, 0.1) is 5.92 Å². The van der Waals surface area contributed by atoms with Gasteiger partial charge in [-0.25, -0.2) is 0 Å². The maximum Gasteiger partial charge on any atom is 0.253 e. The molecule has 0 aromatic heterocycles. The van der Waals surface area contributed by atoms with Gasteiger partial charge in [-0.15, -0.1) is 0 Å². The summed E-state index contributed by atoms with van der Waals surface area (Å²) in [6.45, 7) is 9.24. The number of morpholine rings is 1. The number of ether oxygens (including phenoxy) is 1. The molecule has 2 saturated heterocycles. The minimum absolute atomic E-state index is 0.113. The van der Waals surface area contributed by atoms with Gasteiger partial charge in [-0.1, -0.05) is 6.07 Å². The van der Waals surface area contributed by atoms with E-state index in [9.17, 15) is 4.79 Å². The molecule has 2 unspecified atom stereocenters. The summed E-state index contributed by atoms with van der Waals surface area (Å²) in [4.78, 5) is 17.1. The molecule has 2 N–H and O–H groups in total. The summed E-state index contributed by atoms with van der Waals surface area (Å²) in [6.07, 6.45) is 4.09. The standard InChI is InChI=1S/C20H31N3O2/c1-15-13-22(14-16(2)25-15)9-6-17-7-10-23(11-8-17)20(24)18-4-3-5-19(21)12-18/h3-5,12,15-17H,6-11,13-14,21H2,1-2H3. The molecule has 25 heavy (non-hydrogen) atoms. The average molecular weight is 345 g/mol. The first-order valence-corrected chi connectivity index (χ1v) is 9.54. The van der Waals surface area contributed by atoms with Crippen LogP contribution in [0.2, 0.25) is 0 Å². The molecular weight excluding hydrogens is 314 g/mol. The van der Waals surface area contributed by atoms with Gasteiger partial charge >= 0.3 is 0 Å². The summed E-state index contributed by atoms with van der Waals surface area (Å²) in [5.74, 6) is 0.833. The Morgan fingerprint density at radius 3 is 2.52 bits per heavy atom. The van der Waals surface area contributed by atoms with Crippen LogP contribution in [0.3, 0.4) is 0 Å². The van der Waals surface area contributed by atoms with Crippen LogP contribution in [0.15, 0.2) is 24.3 Å². The zero-order valence-electron chi connectivity index (χ0n) is 15.5. The first kappa shape index (κ1) is 18.2. The number of amides is 1. The van der Waals surface area contributed by atoms with E-state index in [1.165, 1.54) is 6.42 Å². The van der Waals surface area contributed by atoms with E-state index in [0.29, 0.717) is 23.5 Å². The molecule has 1 amide bonds. The number of likely N-dealkylation sites (tertiary alicyclic amines) is 1. The highest BCUT2D eigenvalue weighted by Crippen LogP contribution is 2.23. The number of nitrogens with two attached hydrogens (primary N) is 1. The lowest BCUT2D eigenvalue weighted by molar-refractivity contribution is -0.0693. The second-order valence-electron chi connectivity index (χ2n) is 7.67. The van der Waals surface area contributed by atoms with E-state index in [2.05, 4.69) is 18.7 Å². The zero-order chi connectivity index (χ0) is 17.8. The average Bonchev–Trinajstić information content (AvgIpc) is 2.59. The molecule has 0 aliphatic carbocycles. The Kier molecular flexibility index (Phi) is 5.97. The van der Waals surface area contributed by atoms with E-state index < -0.39 is 0 Å². The van der Waals surface area contributed by atoms with Gasteiger partial charge in [0.15, 0.2) is 0 Å². The van der Waals surface area contributed by atoms with Crippen molar-refractivity contribution in [3.8, 4) is 0 Å². The van der Waals surface area contributed by atoms with Gasteiger partial charge in [-0.2, -0.15) is 0 Å². The maximum atomic E-state index is 12.6. The van der Waals surface area contributed by atoms with Crippen LogP contribution in [0.4, 0.5) is 5.69 Å². The lowest BCUT2D eigenvalue weighted by Gasteiger charge is -2.37. The van der Waals surface area contributed by atoms with Gasteiger partial charge in [0.2, 0.25) is 0 Å². The second kappa shape index (κ2) is 8.19. The molecule has 0 saturated carbocycles. The van der Waals surface area contributed by atoms with Crippen LogP contribution in [0.5, 0.6) is 0 Å². The number of nitrogen functional groups attached to an aromatic ring is 1. The van der Waals surface area contributed by atoms with Gasteiger partial charge in [0.1, 0.15) is 0 Å². The molecule has 0 spiro atoms. The lowest BCUT2D eigenvalue weighted by Crippen LogP contribution is -2.46. The van der Waals surface area contributed by atoms with Crippen molar-refractivity contribution in [2.75, 3.05) is 38.5 Å². The van der Waals surface area contributed by atoms with Crippen molar-refractivity contribution in [3.05, 3.63) is 29.8 Å². The Morgan fingerprint density at radius 2 is 1.88 bits per heavy atom. The normalized spacial score (nSPS) is 25.9. The minimum atomic E-state index is 0.113. The molecule has 1 aromatic rings. The molecule has 2 aliphatic rings. The molecule has 2 heterocycles. The summed E-state index contributed by atoms with van der Waals surface area (Å²) in [6, 6.07) is 7.29. The molecule has 0 radical (unpaired) electrons. The fraction of sp³-hybridized carbons (Fsp3) is 0.650. The van der Waals surface area contributed by atoms with E-state index in [0.717, 1.165) is 51.5 Å². The van der Waals surface area contributed by atoms with E-state index in [4.69, 9.17) is 10.5 Å². The molecular formula is C20H31N3O2. The molecule has 5 nitrogen and oxygen atoms in total. The monoisotopic (exact) mass is 345 g/mol. The molecule has 0 bridgehead atoms. The number of anilines is 1. The number of benzene rings is 1. The maximum absolute atomic E-state index is 12.6. The summed E-state index contributed by atoms with van der Waals surface area (Å²) in [5, 5.41) is 0. The van der Waals surface area contributed by atoms with Crippen LogP contribution in [-0.4, -0.2) is 60.6 Å². The van der Waals surface area contributed by atoms with Crippen molar-refractivity contribution < 1.29 is 9.53 Å².